The highest BCUT2D eigenvalue weighted by molar-refractivity contribution is 14.0. The van der Waals surface area contributed by atoms with Crippen molar-refractivity contribution in [1.29, 1.82) is 0 Å². The Balaban J connectivity index is 0.00000341. The van der Waals surface area contributed by atoms with E-state index in [2.05, 4.69) is 15.5 Å². The van der Waals surface area contributed by atoms with Crippen LogP contribution in [0.15, 0.2) is 29.3 Å². The first-order valence-electron chi connectivity index (χ1n) is 11.0. The largest absolute Gasteiger partial charge is 0.379 e. The van der Waals surface area contributed by atoms with Gasteiger partial charge >= 0.3 is 0 Å². The fourth-order valence-corrected chi connectivity index (χ4v) is 3.76. The first kappa shape index (κ1) is 26.2. The summed E-state index contributed by atoms with van der Waals surface area (Å²) in [5.41, 5.74) is 1.07. The average Bonchev–Trinajstić information content (AvgIpc) is 3.29. The number of rotatable bonds is 10. The monoisotopic (exact) mass is 550 g/mol. The van der Waals surface area contributed by atoms with Crippen molar-refractivity contribution < 1.29 is 18.6 Å². The molecule has 7 nitrogen and oxygen atoms in total. The molecule has 2 aliphatic heterocycles. The van der Waals surface area contributed by atoms with Crippen molar-refractivity contribution in [3.63, 3.8) is 0 Å². The molecular formula is C22H36FIN4O3. The van der Waals surface area contributed by atoms with Gasteiger partial charge in [-0.05, 0) is 37.5 Å². The van der Waals surface area contributed by atoms with Gasteiger partial charge in [0.15, 0.2) is 5.96 Å². The van der Waals surface area contributed by atoms with Gasteiger partial charge < -0.3 is 24.8 Å². The maximum Gasteiger partial charge on any atom is 0.191 e. The minimum absolute atomic E-state index is 0. The highest BCUT2D eigenvalue weighted by atomic mass is 127. The standard InChI is InChI=1S/C22H35FN4O3.HI/c1-2-24-22(25-9-13-29-17-20-4-3-12-30-20)26-16-21(27-10-14-28-15-11-27)18-5-7-19(23)8-6-18;/h5-8,20-21H,2-4,9-17H2,1H3,(H2,24,25,26);1H. The van der Waals surface area contributed by atoms with Crippen LogP contribution in [0.1, 0.15) is 31.4 Å². The highest BCUT2D eigenvalue weighted by Crippen LogP contribution is 2.22. The fourth-order valence-electron chi connectivity index (χ4n) is 3.76. The molecule has 2 N–H and O–H groups in total. The van der Waals surface area contributed by atoms with Crippen LogP contribution in [0.5, 0.6) is 0 Å². The summed E-state index contributed by atoms with van der Waals surface area (Å²) in [5.74, 6) is 0.541. The van der Waals surface area contributed by atoms with Crippen LogP contribution in [0, 0.1) is 5.82 Å². The number of halogens is 2. The number of hydrogen-bond donors (Lipinski definition) is 2. The SMILES string of the molecule is CCNC(=NCC(c1ccc(F)cc1)N1CCOCC1)NCCOCC1CCCO1.I. The Kier molecular flexibility index (Phi) is 12.6. The molecule has 0 saturated carbocycles. The van der Waals surface area contributed by atoms with Gasteiger partial charge in [0, 0.05) is 32.8 Å². The van der Waals surface area contributed by atoms with E-state index >= 15 is 0 Å². The van der Waals surface area contributed by atoms with Crippen LogP contribution in [0.4, 0.5) is 4.39 Å². The lowest BCUT2D eigenvalue weighted by Gasteiger charge is -2.34. The van der Waals surface area contributed by atoms with Crippen LogP contribution in [0.2, 0.25) is 0 Å². The molecule has 2 saturated heterocycles. The number of guanidine groups is 1. The lowest BCUT2D eigenvalue weighted by molar-refractivity contribution is 0.0178. The number of nitrogens with one attached hydrogen (secondary N) is 2. The summed E-state index contributed by atoms with van der Waals surface area (Å²) in [6.07, 6.45) is 2.46. The molecule has 0 bridgehead atoms. The van der Waals surface area contributed by atoms with Crippen molar-refractivity contribution >= 4 is 29.9 Å². The van der Waals surface area contributed by atoms with Crippen LogP contribution in [-0.4, -0.2) is 82.7 Å². The smallest absolute Gasteiger partial charge is 0.191 e. The van der Waals surface area contributed by atoms with E-state index in [1.54, 1.807) is 0 Å². The lowest BCUT2D eigenvalue weighted by Crippen LogP contribution is -2.42. The first-order valence-corrected chi connectivity index (χ1v) is 11.0. The fraction of sp³-hybridized carbons (Fsp3) is 0.682. The van der Waals surface area contributed by atoms with Gasteiger partial charge in [0.2, 0.25) is 0 Å². The second-order valence-corrected chi connectivity index (χ2v) is 7.57. The molecular weight excluding hydrogens is 514 g/mol. The van der Waals surface area contributed by atoms with Crippen LogP contribution >= 0.6 is 24.0 Å². The number of hydrogen-bond acceptors (Lipinski definition) is 5. The number of ether oxygens (including phenoxy) is 3. The van der Waals surface area contributed by atoms with Crippen molar-refractivity contribution in [2.24, 2.45) is 4.99 Å². The molecule has 0 aliphatic carbocycles. The zero-order chi connectivity index (χ0) is 21.0. The van der Waals surface area contributed by atoms with E-state index in [9.17, 15) is 4.39 Å². The molecule has 2 atom stereocenters. The second-order valence-electron chi connectivity index (χ2n) is 7.57. The van der Waals surface area contributed by atoms with Crippen LogP contribution in [0.3, 0.4) is 0 Å². The van der Waals surface area contributed by atoms with Gasteiger partial charge in [-0.15, -0.1) is 24.0 Å². The Morgan fingerprint density at radius 1 is 1.23 bits per heavy atom. The molecule has 2 aliphatic rings. The molecule has 1 aromatic rings. The molecule has 2 unspecified atom stereocenters. The molecule has 3 rings (SSSR count). The molecule has 9 heteroatoms. The molecule has 1 aromatic carbocycles. The predicted octanol–water partition coefficient (Wildman–Crippen LogP) is 2.57. The van der Waals surface area contributed by atoms with E-state index in [4.69, 9.17) is 19.2 Å². The summed E-state index contributed by atoms with van der Waals surface area (Å²) in [4.78, 5) is 7.16. The van der Waals surface area contributed by atoms with E-state index in [1.807, 2.05) is 19.1 Å². The Morgan fingerprint density at radius 2 is 2.00 bits per heavy atom. The van der Waals surface area contributed by atoms with Gasteiger partial charge in [-0.1, -0.05) is 12.1 Å². The third kappa shape index (κ3) is 9.17. The van der Waals surface area contributed by atoms with E-state index in [1.165, 1.54) is 12.1 Å². The Labute approximate surface area is 202 Å². The van der Waals surface area contributed by atoms with Gasteiger partial charge in [0.25, 0.3) is 0 Å². The van der Waals surface area contributed by atoms with Crippen LogP contribution < -0.4 is 10.6 Å². The molecule has 176 valence electrons. The third-order valence-corrected chi connectivity index (χ3v) is 5.37. The predicted molar refractivity (Wildman–Crippen MR) is 131 cm³/mol. The maximum atomic E-state index is 13.4. The lowest BCUT2D eigenvalue weighted by atomic mass is 10.0. The van der Waals surface area contributed by atoms with Crippen molar-refractivity contribution in [1.82, 2.24) is 15.5 Å². The molecule has 2 fully saturated rings. The molecule has 0 spiro atoms. The van der Waals surface area contributed by atoms with Crippen LogP contribution in [-0.2, 0) is 14.2 Å². The molecule has 31 heavy (non-hydrogen) atoms. The zero-order valence-corrected chi connectivity index (χ0v) is 20.7. The number of morpholine rings is 1. The first-order chi connectivity index (χ1) is 14.8. The van der Waals surface area contributed by atoms with E-state index in [-0.39, 0.29) is 41.9 Å². The Hall–Kier alpha value is -1.01. The minimum Gasteiger partial charge on any atom is -0.379 e. The normalized spacial score (nSPS) is 20.8. The summed E-state index contributed by atoms with van der Waals surface area (Å²) < 4.78 is 30.2. The topological polar surface area (TPSA) is 67.4 Å². The van der Waals surface area contributed by atoms with Crippen LogP contribution in [0.25, 0.3) is 0 Å². The summed E-state index contributed by atoms with van der Waals surface area (Å²) in [5, 5.41) is 6.62. The number of nitrogens with zero attached hydrogens (tertiary/aromatic N) is 2. The summed E-state index contributed by atoms with van der Waals surface area (Å²) in [6, 6.07) is 6.82. The minimum atomic E-state index is -0.221. The maximum absolute atomic E-state index is 13.4. The van der Waals surface area contributed by atoms with Gasteiger partial charge in [-0.2, -0.15) is 0 Å². The van der Waals surface area contributed by atoms with E-state index < -0.39 is 0 Å². The van der Waals surface area contributed by atoms with Crippen molar-refractivity contribution in [2.45, 2.75) is 31.9 Å². The molecule has 2 heterocycles. The Bertz CT molecular complexity index is 638. The highest BCUT2D eigenvalue weighted by Gasteiger charge is 2.22. The summed E-state index contributed by atoms with van der Waals surface area (Å²) in [6.45, 7) is 9.30. The Morgan fingerprint density at radius 3 is 2.68 bits per heavy atom. The van der Waals surface area contributed by atoms with Crippen molar-refractivity contribution in [3.8, 4) is 0 Å². The second kappa shape index (κ2) is 14.9. The van der Waals surface area contributed by atoms with E-state index in [0.717, 1.165) is 50.6 Å². The molecule has 0 amide bonds. The van der Waals surface area contributed by atoms with Crippen molar-refractivity contribution in [3.05, 3.63) is 35.6 Å². The van der Waals surface area contributed by atoms with Crippen molar-refractivity contribution in [2.75, 3.05) is 65.8 Å². The summed E-state index contributed by atoms with van der Waals surface area (Å²) >= 11 is 0. The molecule has 0 radical (unpaired) electrons. The van der Waals surface area contributed by atoms with E-state index in [0.29, 0.717) is 39.5 Å². The average molecular weight is 550 g/mol. The zero-order valence-electron chi connectivity index (χ0n) is 18.4. The van der Waals surface area contributed by atoms with Gasteiger partial charge in [0.05, 0.1) is 45.1 Å². The number of aliphatic imine (C=N–C) groups is 1. The van der Waals surface area contributed by atoms with Gasteiger partial charge in [-0.3, -0.25) is 9.89 Å². The third-order valence-electron chi connectivity index (χ3n) is 5.37. The summed E-state index contributed by atoms with van der Waals surface area (Å²) in [7, 11) is 0. The van der Waals surface area contributed by atoms with Gasteiger partial charge in [0.1, 0.15) is 5.82 Å². The van der Waals surface area contributed by atoms with Gasteiger partial charge in [-0.25, -0.2) is 4.39 Å². The quantitative estimate of drug-likeness (QED) is 0.202. The number of benzene rings is 1. The molecule has 0 aromatic heterocycles.